The molecular weight excluding hydrogens is 221 g/mol. The van der Waals surface area contributed by atoms with Crippen molar-refractivity contribution in [3.05, 3.63) is 24.7 Å². The van der Waals surface area contributed by atoms with E-state index in [2.05, 4.69) is 17.7 Å². The molecule has 3 N–H and O–H groups in total. The van der Waals surface area contributed by atoms with Crippen LogP contribution in [0.4, 0.5) is 0 Å². The van der Waals surface area contributed by atoms with Crippen molar-refractivity contribution < 1.29 is 24.2 Å². The molecule has 1 atom stereocenters. The fourth-order valence-electron chi connectivity index (χ4n) is 0.906. The standard InChI is InChI=1S/C8H16NO5P/c1-4-14-15(12,13)9(5-7(2)10)6-8(3)11/h10-11H,2-6H2,1H3,(H,12,13). The van der Waals surface area contributed by atoms with Gasteiger partial charge in [-0.1, -0.05) is 13.2 Å². The van der Waals surface area contributed by atoms with Gasteiger partial charge in [-0.3, -0.25) is 4.52 Å². The first-order valence-corrected chi connectivity index (χ1v) is 5.79. The summed E-state index contributed by atoms with van der Waals surface area (Å²) in [6.07, 6.45) is 0. The molecule has 0 aliphatic heterocycles. The predicted octanol–water partition coefficient (Wildman–Crippen LogP) is 1.57. The van der Waals surface area contributed by atoms with Gasteiger partial charge in [0.25, 0.3) is 0 Å². The van der Waals surface area contributed by atoms with Crippen molar-refractivity contribution >= 4 is 7.75 Å². The second-order valence-corrected chi connectivity index (χ2v) is 4.67. The Labute approximate surface area is 88.7 Å². The lowest BCUT2D eigenvalue weighted by Crippen LogP contribution is -2.26. The molecule has 0 spiro atoms. The average Bonchev–Trinajstić information content (AvgIpc) is 2.00. The van der Waals surface area contributed by atoms with E-state index < -0.39 is 7.75 Å². The lowest BCUT2D eigenvalue weighted by atomic mass is 10.5. The Bertz CT molecular complexity index is 275. The van der Waals surface area contributed by atoms with Crippen LogP contribution < -0.4 is 0 Å². The number of nitrogens with zero attached hydrogens (tertiary/aromatic N) is 1. The Morgan fingerprint density at radius 2 is 1.73 bits per heavy atom. The second kappa shape index (κ2) is 5.92. The molecule has 0 aromatic rings. The molecule has 7 heteroatoms. The Balaban J connectivity index is 4.67. The van der Waals surface area contributed by atoms with Gasteiger partial charge in [-0.05, 0) is 6.92 Å². The Hall–Kier alpha value is -0.810. The van der Waals surface area contributed by atoms with Crippen molar-refractivity contribution in [3.8, 4) is 0 Å². The van der Waals surface area contributed by atoms with Crippen LogP contribution in [-0.4, -0.2) is 39.5 Å². The molecule has 0 amide bonds. The smallest absolute Gasteiger partial charge is 0.406 e. The fourth-order valence-corrected chi connectivity index (χ4v) is 2.09. The zero-order valence-corrected chi connectivity index (χ0v) is 9.48. The molecular formula is C8H16NO5P. The number of rotatable bonds is 7. The molecule has 0 radical (unpaired) electrons. The van der Waals surface area contributed by atoms with Crippen LogP contribution in [0.5, 0.6) is 0 Å². The highest BCUT2D eigenvalue weighted by Gasteiger charge is 2.30. The topological polar surface area (TPSA) is 90.2 Å². The average molecular weight is 237 g/mol. The van der Waals surface area contributed by atoms with Gasteiger partial charge in [-0.25, -0.2) is 4.57 Å². The number of aliphatic hydroxyl groups excluding tert-OH is 2. The lowest BCUT2D eigenvalue weighted by molar-refractivity contribution is 0.200. The third kappa shape index (κ3) is 5.59. The molecule has 0 saturated heterocycles. The van der Waals surface area contributed by atoms with Crippen LogP contribution in [0.3, 0.4) is 0 Å². The highest BCUT2D eigenvalue weighted by molar-refractivity contribution is 7.50. The molecule has 0 heterocycles. The van der Waals surface area contributed by atoms with Crippen molar-refractivity contribution in [2.24, 2.45) is 0 Å². The van der Waals surface area contributed by atoms with Gasteiger partial charge >= 0.3 is 7.75 Å². The molecule has 0 aliphatic carbocycles. The summed E-state index contributed by atoms with van der Waals surface area (Å²) in [5.74, 6) is -0.601. The van der Waals surface area contributed by atoms with Gasteiger partial charge < -0.3 is 15.1 Å². The first-order chi connectivity index (χ1) is 6.79. The first kappa shape index (κ1) is 14.2. The molecule has 1 unspecified atom stereocenters. The second-order valence-electron chi connectivity index (χ2n) is 2.86. The fraction of sp³-hybridized carbons (Fsp3) is 0.500. The summed E-state index contributed by atoms with van der Waals surface area (Å²) in [4.78, 5) is 9.43. The van der Waals surface area contributed by atoms with Gasteiger partial charge in [0.15, 0.2) is 0 Å². The Morgan fingerprint density at radius 1 is 1.33 bits per heavy atom. The number of hydrogen-bond donors (Lipinski definition) is 3. The molecule has 0 aromatic heterocycles. The van der Waals surface area contributed by atoms with Gasteiger partial charge in [0.05, 0.1) is 31.2 Å². The van der Waals surface area contributed by atoms with Crippen LogP contribution in [0.25, 0.3) is 0 Å². The Kier molecular flexibility index (Phi) is 5.60. The summed E-state index contributed by atoms with van der Waals surface area (Å²) in [7, 11) is -4.02. The molecule has 6 nitrogen and oxygen atoms in total. The van der Waals surface area contributed by atoms with Crippen LogP contribution in [-0.2, 0) is 9.09 Å². The lowest BCUT2D eigenvalue weighted by Gasteiger charge is -2.25. The van der Waals surface area contributed by atoms with E-state index in [0.29, 0.717) is 0 Å². The number of hydrogen-bond acceptors (Lipinski definition) is 4. The van der Waals surface area contributed by atoms with Gasteiger partial charge in [0, 0.05) is 0 Å². The SMILES string of the molecule is C=C(O)CN(CC(=C)O)P(=O)(O)OCC. The minimum absolute atomic E-state index is 0.0418. The highest BCUT2D eigenvalue weighted by Crippen LogP contribution is 2.46. The number of aliphatic hydroxyl groups is 2. The van der Waals surface area contributed by atoms with E-state index in [1.54, 1.807) is 6.92 Å². The van der Waals surface area contributed by atoms with E-state index in [1.807, 2.05) is 0 Å². The minimum atomic E-state index is -4.02. The van der Waals surface area contributed by atoms with E-state index >= 15 is 0 Å². The van der Waals surface area contributed by atoms with Crippen molar-refractivity contribution in [1.82, 2.24) is 4.67 Å². The third-order valence-corrected chi connectivity index (χ3v) is 2.98. The summed E-state index contributed by atoms with van der Waals surface area (Å²) in [5, 5.41) is 17.9. The maximum atomic E-state index is 11.5. The summed E-state index contributed by atoms with van der Waals surface area (Å²) in [6, 6.07) is 0. The molecule has 0 saturated carbocycles. The van der Waals surface area contributed by atoms with Gasteiger partial charge in [0.2, 0.25) is 0 Å². The van der Waals surface area contributed by atoms with Crippen LogP contribution in [0.2, 0.25) is 0 Å². The molecule has 0 aliphatic rings. The Morgan fingerprint density at radius 3 is 2.00 bits per heavy atom. The summed E-state index contributed by atoms with van der Waals surface area (Å²) < 4.78 is 17.0. The minimum Gasteiger partial charge on any atom is -0.512 e. The van der Waals surface area contributed by atoms with Crippen molar-refractivity contribution in [1.29, 1.82) is 0 Å². The van der Waals surface area contributed by atoms with E-state index in [1.165, 1.54) is 0 Å². The van der Waals surface area contributed by atoms with Crippen molar-refractivity contribution in [2.75, 3.05) is 19.7 Å². The van der Waals surface area contributed by atoms with Crippen LogP contribution in [0.1, 0.15) is 6.92 Å². The molecule has 0 rings (SSSR count). The van der Waals surface area contributed by atoms with E-state index in [4.69, 9.17) is 10.2 Å². The summed E-state index contributed by atoms with van der Waals surface area (Å²) in [5.41, 5.74) is 0. The van der Waals surface area contributed by atoms with Crippen LogP contribution in [0.15, 0.2) is 24.7 Å². The van der Waals surface area contributed by atoms with E-state index in [0.717, 1.165) is 4.67 Å². The van der Waals surface area contributed by atoms with Crippen molar-refractivity contribution in [3.63, 3.8) is 0 Å². The predicted molar refractivity (Wildman–Crippen MR) is 56.6 cm³/mol. The van der Waals surface area contributed by atoms with Gasteiger partial charge in [0.1, 0.15) is 0 Å². The molecule has 0 aromatic carbocycles. The van der Waals surface area contributed by atoms with Crippen LogP contribution >= 0.6 is 7.75 Å². The maximum absolute atomic E-state index is 11.5. The maximum Gasteiger partial charge on any atom is 0.406 e. The largest absolute Gasteiger partial charge is 0.512 e. The van der Waals surface area contributed by atoms with Crippen molar-refractivity contribution in [2.45, 2.75) is 6.92 Å². The van der Waals surface area contributed by atoms with E-state index in [9.17, 15) is 9.46 Å². The summed E-state index contributed by atoms with van der Waals surface area (Å²) >= 11 is 0. The monoisotopic (exact) mass is 237 g/mol. The zero-order valence-electron chi connectivity index (χ0n) is 8.59. The summed E-state index contributed by atoms with van der Waals surface area (Å²) in [6.45, 7) is 7.44. The zero-order chi connectivity index (χ0) is 12.1. The first-order valence-electron chi connectivity index (χ1n) is 4.25. The molecule has 0 bridgehead atoms. The van der Waals surface area contributed by atoms with Gasteiger partial charge in [-0.15, -0.1) is 0 Å². The molecule has 88 valence electrons. The molecule has 15 heavy (non-hydrogen) atoms. The third-order valence-electron chi connectivity index (χ3n) is 1.38. The quantitative estimate of drug-likeness (QED) is 0.460. The molecule has 0 fully saturated rings. The van der Waals surface area contributed by atoms with E-state index in [-0.39, 0.29) is 31.2 Å². The van der Waals surface area contributed by atoms with Gasteiger partial charge in [-0.2, -0.15) is 4.67 Å². The van der Waals surface area contributed by atoms with Crippen LogP contribution in [0, 0.1) is 0 Å². The highest BCUT2D eigenvalue weighted by atomic mass is 31.2. The normalized spacial score (nSPS) is 14.9.